The number of carbonyl (C=O) groups excluding carboxylic acids is 1. The van der Waals surface area contributed by atoms with E-state index < -0.39 is 0 Å². The van der Waals surface area contributed by atoms with Gasteiger partial charge in [0.25, 0.3) is 0 Å². The lowest BCUT2D eigenvalue weighted by Crippen LogP contribution is -2.47. The highest BCUT2D eigenvalue weighted by Gasteiger charge is 2.22. The Bertz CT molecular complexity index is 333. The second-order valence-corrected chi connectivity index (χ2v) is 3.67. The summed E-state index contributed by atoms with van der Waals surface area (Å²) in [6.45, 7) is 2.07. The number of esters is 1. The summed E-state index contributed by atoms with van der Waals surface area (Å²) in [6, 6.07) is 9.31. The lowest BCUT2D eigenvalue weighted by molar-refractivity contribution is -0.150. The van der Waals surface area contributed by atoms with Gasteiger partial charge >= 0.3 is 5.97 Å². The molecule has 1 aromatic carbocycles. The van der Waals surface area contributed by atoms with Gasteiger partial charge in [0.2, 0.25) is 0 Å². The van der Waals surface area contributed by atoms with E-state index in [4.69, 9.17) is 9.47 Å². The van der Waals surface area contributed by atoms with Gasteiger partial charge in [0, 0.05) is 6.54 Å². The first-order chi connectivity index (χ1) is 7.86. The number of hydrogen-bond acceptors (Lipinski definition) is 4. The topological polar surface area (TPSA) is 47.6 Å². The Hall–Kier alpha value is -1.39. The first kappa shape index (κ1) is 11.1. The highest BCUT2D eigenvalue weighted by molar-refractivity contribution is 5.76. The van der Waals surface area contributed by atoms with Crippen molar-refractivity contribution in [3.63, 3.8) is 0 Å². The molecule has 1 fully saturated rings. The van der Waals surface area contributed by atoms with Crippen LogP contribution >= 0.6 is 0 Å². The van der Waals surface area contributed by atoms with Gasteiger partial charge in [0.05, 0.1) is 13.2 Å². The second kappa shape index (κ2) is 5.63. The van der Waals surface area contributed by atoms with E-state index in [9.17, 15) is 4.79 Å². The van der Waals surface area contributed by atoms with E-state index in [1.165, 1.54) is 0 Å². The average molecular weight is 221 g/mol. The van der Waals surface area contributed by atoms with Gasteiger partial charge in [0.15, 0.2) is 0 Å². The summed E-state index contributed by atoms with van der Waals surface area (Å²) in [5.41, 5.74) is 0.993. The van der Waals surface area contributed by atoms with Crippen molar-refractivity contribution in [3.8, 4) is 0 Å². The zero-order valence-electron chi connectivity index (χ0n) is 9.02. The molecule has 4 nitrogen and oxygen atoms in total. The molecule has 0 amide bonds. The van der Waals surface area contributed by atoms with Gasteiger partial charge in [-0.15, -0.1) is 0 Å². The second-order valence-electron chi connectivity index (χ2n) is 3.67. The molecule has 86 valence electrons. The van der Waals surface area contributed by atoms with Gasteiger partial charge in [-0.2, -0.15) is 0 Å². The zero-order chi connectivity index (χ0) is 11.2. The first-order valence-electron chi connectivity index (χ1n) is 5.38. The van der Waals surface area contributed by atoms with Crippen LogP contribution in [0.5, 0.6) is 0 Å². The van der Waals surface area contributed by atoms with E-state index >= 15 is 0 Å². The van der Waals surface area contributed by atoms with Gasteiger partial charge < -0.3 is 14.8 Å². The fourth-order valence-electron chi connectivity index (χ4n) is 1.55. The molecule has 0 aliphatic carbocycles. The maximum Gasteiger partial charge on any atom is 0.325 e. The molecule has 16 heavy (non-hydrogen) atoms. The van der Waals surface area contributed by atoms with Crippen LogP contribution in [-0.4, -0.2) is 31.8 Å². The maximum atomic E-state index is 11.6. The van der Waals surface area contributed by atoms with Crippen molar-refractivity contribution in [1.82, 2.24) is 5.32 Å². The quantitative estimate of drug-likeness (QED) is 0.764. The third kappa shape index (κ3) is 3.05. The molecule has 1 aliphatic heterocycles. The average Bonchev–Trinajstić information content (AvgIpc) is 2.38. The number of rotatable bonds is 3. The molecule has 1 aromatic rings. The number of hydrogen-bond donors (Lipinski definition) is 1. The third-order valence-corrected chi connectivity index (χ3v) is 2.43. The Kier molecular flexibility index (Phi) is 3.91. The van der Waals surface area contributed by atoms with Crippen molar-refractivity contribution >= 4 is 5.97 Å². The highest BCUT2D eigenvalue weighted by atomic mass is 16.5. The summed E-state index contributed by atoms with van der Waals surface area (Å²) in [5, 5.41) is 3.06. The van der Waals surface area contributed by atoms with Crippen LogP contribution in [0.25, 0.3) is 0 Å². The van der Waals surface area contributed by atoms with Crippen LogP contribution in [-0.2, 0) is 20.9 Å². The predicted molar refractivity (Wildman–Crippen MR) is 58.8 cm³/mol. The molecule has 1 aliphatic rings. The SMILES string of the molecule is O=C(OCc1ccccc1)[C@@H]1COCCN1. The van der Waals surface area contributed by atoms with Gasteiger partial charge in [-0.3, -0.25) is 4.79 Å². The van der Waals surface area contributed by atoms with Crippen LogP contribution in [0.3, 0.4) is 0 Å². The molecule has 0 saturated carbocycles. The van der Waals surface area contributed by atoms with E-state index in [0.29, 0.717) is 26.4 Å². The lowest BCUT2D eigenvalue weighted by atomic mass is 10.2. The lowest BCUT2D eigenvalue weighted by Gasteiger charge is -2.22. The molecule has 0 spiro atoms. The molecule has 1 saturated heterocycles. The Morgan fingerprint density at radius 3 is 2.94 bits per heavy atom. The molecular weight excluding hydrogens is 206 g/mol. The summed E-state index contributed by atoms with van der Waals surface area (Å²) in [5.74, 6) is -0.247. The number of benzene rings is 1. The minimum Gasteiger partial charge on any atom is -0.460 e. The smallest absolute Gasteiger partial charge is 0.325 e. The number of ether oxygens (including phenoxy) is 2. The van der Waals surface area contributed by atoms with Crippen LogP contribution in [0.2, 0.25) is 0 Å². The third-order valence-electron chi connectivity index (χ3n) is 2.43. The highest BCUT2D eigenvalue weighted by Crippen LogP contribution is 2.03. The van der Waals surface area contributed by atoms with Crippen molar-refractivity contribution < 1.29 is 14.3 Å². The van der Waals surface area contributed by atoms with Crippen molar-refractivity contribution in [2.24, 2.45) is 0 Å². The van der Waals surface area contributed by atoms with Gasteiger partial charge in [0.1, 0.15) is 12.6 Å². The van der Waals surface area contributed by atoms with Crippen molar-refractivity contribution in [3.05, 3.63) is 35.9 Å². The fourth-order valence-corrected chi connectivity index (χ4v) is 1.55. The molecule has 1 heterocycles. The minimum atomic E-state index is -0.322. The van der Waals surface area contributed by atoms with E-state index in [-0.39, 0.29) is 12.0 Å². The minimum absolute atomic E-state index is 0.247. The monoisotopic (exact) mass is 221 g/mol. The van der Waals surface area contributed by atoms with Crippen LogP contribution in [0, 0.1) is 0 Å². The van der Waals surface area contributed by atoms with Crippen LogP contribution in [0.1, 0.15) is 5.56 Å². The Morgan fingerprint density at radius 1 is 1.44 bits per heavy atom. The maximum absolute atomic E-state index is 11.6. The Labute approximate surface area is 94.6 Å². The number of morpholine rings is 1. The summed E-state index contributed by atoms with van der Waals surface area (Å²) >= 11 is 0. The van der Waals surface area contributed by atoms with Gasteiger partial charge in [-0.25, -0.2) is 0 Å². The summed E-state index contributed by atoms with van der Waals surface area (Å²) in [7, 11) is 0. The molecule has 1 atom stereocenters. The van der Waals surface area contributed by atoms with Crippen molar-refractivity contribution in [1.29, 1.82) is 0 Å². The van der Waals surface area contributed by atoms with Crippen molar-refractivity contribution in [2.45, 2.75) is 12.6 Å². The molecule has 4 heteroatoms. The van der Waals surface area contributed by atoms with Crippen molar-refractivity contribution in [2.75, 3.05) is 19.8 Å². The van der Waals surface area contributed by atoms with Crippen LogP contribution in [0.4, 0.5) is 0 Å². The van der Waals surface area contributed by atoms with Gasteiger partial charge in [-0.1, -0.05) is 30.3 Å². The number of nitrogens with one attached hydrogen (secondary N) is 1. The summed E-state index contributed by atoms with van der Waals surface area (Å²) in [4.78, 5) is 11.6. The number of carbonyl (C=O) groups is 1. The summed E-state index contributed by atoms with van der Waals surface area (Å²) < 4.78 is 10.4. The van der Waals surface area contributed by atoms with E-state index in [2.05, 4.69) is 5.32 Å². The molecule has 0 aromatic heterocycles. The van der Waals surface area contributed by atoms with E-state index in [0.717, 1.165) is 5.56 Å². The van der Waals surface area contributed by atoms with Gasteiger partial charge in [-0.05, 0) is 5.56 Å². The first-order valence-corrected chi connectivity index (χ1v) is 5.38. The standard InChI is InChI=1S/C12H15NO3/c14-12(11-9-15-7-6-13-11)16-8-10-4-2-1-3-5-10/h1-5,11,13H,6-9H2/t11-/m0/s1. The van der Waals surface area contributed by atoms with E-state index in [1.54, 1.807) is 0 Å². The molecule has 2 rings (SSSR count). The summed E-state index contributed by atoms with van der Waals surface area (Å²) in [6.07, 6.45) is 0. The molecule has 0 radical (unpaired) electrons. The van der Waals surface area contributed by atoms with Crippen LogP contribution in [0.15, 0.2) is 30.3 Å². The molecule has 0 bridgehead atoms. The Balaban J connectivity index is 1.79. The largest absolute Gasteiger partial charge is 0.460 e. The zero-order valence-corrected chi connectivity index (χ0v) is 9.02. The molecule has 1 N–H and O–H groups in total. The molecule has 0 unspecified atom stereocenters. The predicted octanol–water partition coefficient (Wildman–Crippen LogP) is 0.718. The Morgan fingerprint density at radius 2 is 2.25 bits per heavy atom. The fraction of sp³-hybridized carbons (Fsp3) is 0.417. The normalized spacial score (nSPS) is 20.4. The van der Waals surface area contributed by atoms with E-state index in [1.807, 2.05) is 30.3 Å². The van der Waals surface area contributed by atoms with Crippen LogP contribution < -0.4 is 5.32 Å². The molecular formula is C12H15NO3.